The topological polar surface area (TPSA) is 113 Å². The molecule has 4 aromatic rings. The molecular weight excluding hydrogens is 599 g/mol. The van der Waals surface area contributed by atoms with Crippen LogP contribution in [0, 0.1) is 0 Å². The third-order valence-corrected chi connectivity index (χ3v) is 8.70. The van der Waals surface area contributed by atoms with Crippen LogP contribution in [0.5, 0.6) is 0 Å². The summed E-state index contributed by atoms with van der Waals surface area (Å²) in [5, 5.41) is 9.17. The van der Waals surface area contributed by atoms with Crippen LogP contribution in [0.2, 0.25) is 0 Å². The molecule has 0 bridgehead atoms. The lowest BCUT2D eigenvalue weighted by atomic mass is 10.0. The molecule has 1 unspecified atom stereocenters. The SMILES string of the molecule is CCSc1nsc(NC(=O)C(C)Sc2cccc(NC(=O)/C(=C\c3ccc(C(C)C)cc3)NC(=O)c3ccccc3)c2)n1. The lowest BCUT2D eigenvalue weighted by Gasteiger charge is -2.14. The van der Waals surface area contributed by atoms with Crippen molar-refractivity contribution in [1.29, 1.82) is 0 Å². The monoisotopic (exact) mass is 631 g/mol. The van der Waals surface area contributed by atoms with Gasteiger partial charge >= 0.3 is 0 Å². The molecule has 8 nitrogen and oxygen atoms in total. The second-order valence-electron chi connectivity index (χ2n) is 9.75. The number of rotatable bonds is 12. The summed E-state index contributed by atoms with van der Waals surface area (Å²) >= 11 is 4.02. The number of hydrogen-bond donors (Lipinski definition) is 3. The van der Waals surface area contributed by atoms with Gasteiger partial charge in [-0.1, -0.05) is 81.1 Å². The molecule has 0 aliphatic carbocycles. The van der Waals surface area contributed by atoms with E-state index in [1.807, 2.05) is 43.3 Å². The fourth-order valence-electron chi connectivity index (χ4n) is 3.84. The van der Waals surface area contributed by atoms with Gasteiger partial charge in [0, 0.05) is 27.7 Å². The van der Waals surface area contributed by atoms with Gasteiger partial charge in [0.25, 0.3) is 11.8 Å². The maximum absolute atomic E-state index is 13.5. The summed E-state index contributed by atoms with van der Waals surface area (Å²) in [6.07, 6.45) is 1.66. The Labute approximate surface area is 264 Å². The first-order valence-corrected chi connectivity index (χ1v) is 16.4. The molecule has 0 spiro atoms. The van der Waals surface area contributed by atoms with Crippen molar-refractivity contribution < 1.29 is 14.4 Å². The van der Waals surface area contributed by atoms with E-state index in [9.17, 15) is 14.4 Å². The second kappa shape index (κ2) is 15.5. The number of amides is 3. The molecule has 0 radical (unpaired) electrons. The van der Waals surface area contributed by atoms with Crippen molar-refractivity contribution in [1.82, 2.24) is 14.7 Å². The molecule has 0 saturated carbocycles. The normalized spacial score (nSPS) is 12.1. The van der Waals surface area contributed by atoms with Crippen LogP contribution in [-0.4, -0.2) is 38.1 Å². The molecule has 3 aromatic carbocycles. The van der Waals surface area contributed by atoms with Crippen molar-refractivity contribution in [2.75, 3.05) is 16.4 Å². The minimum atomic E-state index is -0.470. The zero-order chi connectivity index (χ0) is 30.8. The van der Waals surface area contributed by atoms with Gasteiger partial charge in [0.05, 0.1) is 5.25 Å². The fourth-order valence-corrected chi connectivity index (χ4v) is 6.04. The minimum absolute atomic E-state index is 0.106. The number of benzene rings is 3. The third-order valence-electron chi connectivity index (χ3n) is 6.13. The number of carbonyl (C=O) groups excluding carboxylic acids is 3. The van der Waals surface area contributed by atoms with E-state index in [0.29, 0.717) is 27.5 Å². The van der Waals surface area contributed by atoms with Crippen molar-refractivity contribution in [3.63, 3.8) is 0 Å². The smallest absolute Gasteiger partial charge is 0.272 e. The standard InChI is InChI=1S/C32H33N5O3S3/c1-5-41-32-36-31(43-37-32)35-28(38)21(4)42-26-13-9-12-25(19-26)33-30(40)27(34-29(39)24-10-7-6-8-11-24)18-22-14-16-23(17-15-22)20(2)3/h6-21H,5H2,1-4H3,(H,33,40)(H,34,39)(H,35,36,37,38)/b27-18+. The number of thioether (sulfide) groups is 2. The maximum atomic E-state index is 13.5. The molecule has 1 atom stereocenters. The lowest BCUT2D eigenvalue weighted by Crippen LogP contribution is -2.30. The van der Waals surface area contributed by atoms with Crippen LogP contribution < -0.4 is 16.0 Å². The Morgan fingerprint density at radius 2 is 1.67 bits per heavy atom. The highest BCUT2D eigenvalue weighted by atomic mass is 32.2. The molecule has 222 valence electrons. The zero-order valence-electron chi connectivity index (χ0n) is 24.3. The second-order valence-corrected chi connectivity index (χ2v) is 13.1. The van der Waals surface area contributed by atoms with Crippen molar-refractivity contribution in [3.05, 3.63) is 101 Å². The van der Waals surface area contributed by atoms with Gasteiger partial charge in [-0.3, -0.25) is 19.7 Å². The lowest BCUT2D eigenvalue weighted by molar-refractivity contribution is -0.115. The summed E-state index contributed by atoms with van der Waals surface area (Å²) in [7, 11) is 0. The Morgan fingerprint density at radius 3 is 2.37 bits per heavy atom. The van der Waals surface area contributed by atoms with E-state index < -0.39 is 11.2 Å². The molecule has 0 aliphatic heterocycles. The summed E-state index contributed by atoms with van der Waals surface area (Å²) in [6, 6.07) is 23.8. The quantitative estimate of drug-likeness (QED) is 0.111. The molecule has 11 heteroatoms. The summed E-state index contributed by atoms with van der Waals surface area (Å²) in [4.78, 5) is 44.3. The molecule has 43 heavy (non-hydrogen) atoms. The molecule has 1 heterocycles. The van der Waals surface area contributed by atoms with Gasteiger partial charge in [-0.2, -0.15) is 9.36 Å². The first-order chi connectivity index (χ1) is 20.7. The van der Waals surface area contributed by atoms with Crippen LogP contribution in [-0.2, 0) is 9.59 Å². The maximum Gasteiger partial charge on any atom is 0.272 e. The average molecular weight is 632 g/mol. The molecule has 0 aliphatic rings. The van der Waals surface area contributed by atoms with Gasteiger partial charge in [-0.05, 0) is 66.1 Å². The molecule has 4 rings (SSSR count). The van der Waals surface area contributed by atoms with Gasteiger partial charge in [0.15, 0.2) is 0 Å². The Bertz CT molecular complexity index is 1590. The zero-order valence-corrected chi connectivity index (χ0v) is 26.7. The van der Waals surface area contributed by atoms with Gasteiger partial charge in [-0.25, -0.2) is 0 Å². The van der Waals surface area contributed by atoms with Crippen LogP contribution in [0.1, 0.15) is 55.1 Å². The Hall–Kier alpha value is -3.93. The molecule has 3 N–H and O–H groups in total. The molecular formula is C32H33N5O3S3. The van der Waals surface area contributed by atoms with E-state index in [0.717, 1.165) is 27.7 Å². The van der Waals surface area contributed by atoms with Crippen molar-refractivity contribution in [3.8, 4) is 0 Å². The van der Waals surface area contributed by atoms with Gasteiger partial charge in [0.1, 0.15) is 5.70 Å². The number of nitrogens with one attached hydrogen (secondary N) is 3. The number of aromatic nitrogens is 2. The van der Waals surface area contributed by atoms with Crippen LogP contribution >= 0.6 is 35.1 Å². The van der Waals surface area contributed by atoms with E-state index in [-0.39, 0.29) is 17.5 Å². The summed E-state index contributed by atoms with van der Waals surface area (Å²) in [5.74, 6) is 0.175. The summed E-state index contributed by atoms with van der Waals surface area (Å²) < 4.78 is 4.23. The first kappa shape index (κ1) is 32.0. The highest BCUT2D eigenvalue weighted by Gasteiger charge is 2.18. The molecule has 0 saturated heterocycles. The highest BCUT2D eigenvalue weighted by molar-refractivity contribution is 8.00. The Balaban J connectivity index is 1.47. The van der Waals surface area contributed by atoms with E-state index in [4.69, 9.17) is 0 Å². The number of hydrogen-bond acceptors (Lipinski definition) is 8. The van der Waals surface area contributed by atoms with Crippen molar-refractivity contribution >= 4 is 69.7 Å². The minimum Gasteiger partial charge on any atom is -0.321 e. The van der Waals surface area contributed by atoms with Gasteiger partial charge in [0.2, 0.25) is 16.2 Å². The van der Waals surface area contributed by atoms with Crippen LogP contribution in [0.25, 0.3) is 6.08 Å². The first-order valence-electron chi connectivity index (χ1n) is 13.7. The van der Waals surface area contributed by atoms with E-state index in [1.54, 1.807) is 55.5 Å². The van der Waals surface area contributed by atoms with Crippen LogP contribution in [0.15, 0.2) is 94.6 Å². The fraction of sp³-hybridized carbons (Fsp3) is 0.219. The van der Waals surface area contributed by atoms with Gasteiger partial charge < -0.3 is 10.6 Å². The predicted octanol–water partition coefficient (Wildman–Crippen LogP) is 7.30. The van der Waals surface area contributed by atoms with Crippen LogP contribution in [0.3, 0.4) is 0 Å². The highest BCUT2D eigenvalue weighted by Crippen LogP contribution is 2.28. The average Bonchev–Trinajstić information content (AvgIpc) is 3.44. The van der Waals surface area contributed by atoms with E-state index in [2.05, 4.69) is 39.2 Å². The van der Waals surface area contributed by atoms with Gasteiger partial charge in [-0.15, -0.1) is 11.8 Å². The molecule has 0 fully saturated rings. The molecule has 1 aromatic heterocycles. The number of nitrogens with zero attached hydrogens (tertiary/aromatic N) is 2. The number of carbonyl (C=O) groups is 3. The predicted molar refractivity (Wildman–Crippen MR) is 178 cm³/mol. The van der Waals surface area contributed by atoms with E-state index in [1.165, 1.54) is 29.1 Å². The van der Waals surface area contributed by atoms with Crippen LogP contribution in [0.4, 0.5) is 10.8 Å². The summed E-state index contributed by atoms with van der Waals surface area (Å²) in [5.41, 5.74) is 3.04. The van der Waals surface area contributed by atoms with E-state index >= 15 is 0 Å². The Morgan fingerprint density at radius 1 is 0.930 bits per heavy atom. The third kappa shape index (κ3) is 9.54. The molecule has 3 amide bonds. The van der Waals surface area contributed by atoms with Crippen molar-refractivity contribution in [2.24, 2.45) is 0 Å². The summed E-state index contributed by atoms with van der Waals surface area (Å²) in [6.45, 7) is 8.05. The van der Waals surface area contributed by atoms with Crippen molar-refractivity contribution in [2.45, 2.75) is 48.9 Å². The Kier molecular flexibility index (Phi) is 11.5. The largest absolute Gasteiger partial charge is 0.321 e. The number of anilines is 2.